The zero-order valence-electron chi connectivity index (χ0n) is 16.9. The molecule has 29 heavy (non-hydrogen) atoms. The van der Waals surface area contributed by atoms with E-state index in [0.717, 1.165) is 20.9 Å². The number of amides is 1. The van der Waals surface area contributed by atoms with E-state index >= 15 is 0 Å². The zero-order valence-corrected chi connectivity index (χ0v) is 17.7. The monoisotopic (exact) mass is 417 g/mol. The molecule has 3 rings (SSSR count). The van der Waals surface area contributed by atoms with Crippen LogP contribution in [0.1, 0.15) is 11.3 Å². The van der Waals surface area contributed by atoms with E-state index < -0.39 is 10.0 Å². The van der Waals surface area contributed by atoms with Gasteiger partial charge in [0.15, 0.2) is 12.3 Å². The van der Waals surface area contributed by atoms with Gasteiger partial charge in [0.05, 0.1) is 10.3 Å². The van der Waals surface area contributed by atoms with Crippen LogP contribution in [0.2, 0.25) is 0 Å². The van der Waals surface area contributed by atoms with Crippen LogP contribution >= 0.6 is 0 Å². The van der Waals surface area contributed by atoms with Crippen LogP contribution < -0.4 is 10.1 Å². The molecule has 1 amide bonds. The average molecular weight is 417 g/mol. The topological polar surface area (TPSA) is 106 Å². The first-order valence-electron chi connectivity index (χ1n) is 8.86. The molecule has 9 nitrogen and oxygen atoms in total. The number of hydrogen-bond acceptors (Lipinski definition) is 6. The van der Waals surface area contributed by atoms with Crippen LogP contribution in [0.4, 0.5) is 5.69 Å². The van der Waals surface area contributed by atoms with Crippen molar-refractivity contribution in [2.24, 2.45) is 7.05 Å². The van der Waals surface area contributed by atoms with Gasteiger partial charge in [-0.3, -0.25) is 4.79 Å². The first kappa shape index (κ1) is 20.7. The van der Waals surface area contributed by atoms with E-state index in [-0.39, 0.29) is 17.4 Å². The molecule has 0 saturated heterocycles. The van der Waals surface area contributed by atoms with E-state index in [2.05, 4.69) is 15.4 Å². The maximum atomic E-state index is 12.2. The fourth-order valence-corrected chi connectivity index (χ4v) is 3.80. The summed E-state index contributed by atoms with van der Waals surface area (Å²) in [5.74, 6) is -0.0418. The Morgan fingerprint density at radius 3 is 2.48 bits per heavy atom. The number of anilines is 1. The molecular formula is C19H23N5O4S. The third-order valence-corrected chi connectivity index (χ3v) is 6.17. The van der Waals surface area contributed by atoms with Gasteiger partial charge in [-0.2, -0.15) is 0 Å². The fourth-order valence-electron chi connectivity index (χ4n) is 2.90. The summed E-state index contributed by atoms with van der Waals surface area (Å²) < 4.78 is 32.5. The lowest BCUT2D eigenvalue weighted by Crippen LogP contribution is -2.22. The van der Waals surface area contributed by atoms with Gasteiger partial charge in [0.25, 0.3) is 5.91 Å². The van der Waals surface area contributed by atoms with Crippen molar-refractivity contribution in [2.75, 3.05) is 26.0 Å². The number of rotatable bonds is 6. The van der Waals surface area contributed by atoms with Crippen LogP contribution in [0.15, 0.2) is 35.2 Å². The summed E-state index contributed by atoms with van der Waals surface area (Å²) in [4.78, 5) is 16.9. The summed E-state index contributed by atoms with van der Waals surface area (Å²) in [6, 6.07) is 7.87. The molecule has 1 N–H and O–H groups in total. The Labute approximate surface area is 169 Å². The highest BCUT2D eigenvalue weighted by Gasteiger charge is 2.18. The lowest BCUT2D eigenvalue weighted by atomic mass is 10.2. The fraction of sp³-hybridized carbons (Fsp3) is 0.316. The van der Waals surface area contributed by atoms with Crippen LogP contribution in [-0.2, 0) is 21.9 Å². The van der Waals surface area contributed by atoms with Crippen LogP contribution in [0.5, 0.6) is 5.88 Å². The maximum absolute atomic E-state index is 12.2. The number of aromatic nitrogens is 3. The molecule has 3 aromatic rings. The van der Waals surface area contributed by atoms with E-state index in [1.165, 1.54) is 38.4 Å². The summed E-state index contributed by atoms with van der Waals surface area (Å²) in [5, 5.41) is 7.75. The number of sulfonamides is 1. The molecule has 0 saturated carbocycles. The number of carbonyl (C=O) groups excluding carboxylic acids is 1. The van der Waals surface area contributed by atoms with Crippen LogP contribution in [0, 0.1) is 13.8 Å². The van der Waals surface area contributed by atoms with Gasteiger partial charge in [-0.25, -0.2) is 22.4 Å². The summed E-state index contributed by atoms with van der Waals surface area (Å²) in [5.41, 5.74) is 3.00. The first-order chi connectivity index (χ1) is 13.6. The molecule has 0 aliphatic carbocycles. The van der Waals surface area contributed by atoms with E-state index in [1.54, 1.807) is 11.7 Å². The SMILES string of the molecule is Cc1cc(C)c2c(OCC(=O)Nc3ccc(S(=O)(=O)N(C)C)cc3)nn(C)c2n1. The van der Waals surface area contributed by atoms with Crippen molar-refractivity contribution < 1.29 is 17.9 Å². The molecule has 2 aromatic heterocycles. The molecule has 154 valence electrons. The minimum absolute atomic E-state index is 0.148. The van der Waals surface area contributed by atoms with E-state index in [9.17, 15) is 13.2 Å². The van der Waals surface area contributed by atoms with E-state index in [0.29, 0.717) is 17.2 Å². The summed E-state index contributed by atoms with van der Waals surface area (Å²) in [7, 11) is 1.17. The molecule has 1 aromatic carbocycles. The number of carbonyl (C=O) groups is 1. The molecule has 0 spiro atoms. The van der Waals surface area contributed by atoms with Gasteiger partial charge in [-0.05, 0) is 49.7 Å². The number of nitrogens with one attached hydrogen (secondary N) is 1. The predicted molar refractivity (Wildman–Crippen MR) is 109 cm³/mol. The molecule has 0 fully saturated rings. The summed E-state index contributed by atoms with van der Waals surface area (Å²) in [6.07, 6.45) is 0. The minimum atomic E-state index is -3.51. The van der Waals surface area contributed by atoms with Crippen molar-refractivity contribution in [3.63, 3.8) is 0 Å². The van der Waals surface area contributed by atoms with Gasteiger partial charge < -0.3 is 10.1 Å². The number of fused-ring (bicyclic) bond motifs is 1. The number of ether oxygens (including phenoxy) is 1. The summed E-state index contributed by atoms with van der Waals surface area (Å²) in [6.45, 7) is 3.61. The zero-order chi connectivity index (χ0) is 21.3. The second-order valence-electron chi connectivity index (χ2n) is 6.86. The average Bonchev–Trinajstić information content (AvgIpc) is 2.96. The van der Waals surface area contributed by atoms with Crippen LogP contribution in [0.3, 0.4) is 0 Å². The number of nitrogens with zero attached hydrogens (tertiary/aromatic N) is 4. The van der Waals surface area contributed by atoms with Crippen molar-refractivity contribution in [1.82, 2.24) is 19.1 Å². The molecule has 0 aliphatic rings. The Morgan fingerprint density at radius 2 is 1.86 bits per heavy atom. The third-order valence-electron chi connectivity index (χ3n) is 4.34. The number of hydrogen-bond donors (Lipinski definition) is 1. The Hall–Kier alpha value is -2.98. The van der Waals surface area contributed by atoms with E-state index in [1.807, 2.05) is 19.9 Å². The van der Waals surface area contributed by atoms with Crippen molar-refractivity contribution in [1.29, 1.82) is 0 Å². The Kier molecular flexibility index (Phi) is 5.58. The molecular weight excluding hydrogens is 394 g/mol. The molecule has 0 radical (unpaired) electrons. The highest BCUT2D eigenvalue weighted by molar-refractivity contribution is 7.89. The Balaban J connectivity index is 1.69. The maximum Gasteiger partial charge on any atom is 0.262 e. The molecule has 2 heterocycles. The number of aryl methyl sites for hydroxylation is 3. The van der Waals surface area contributed by atoms with Crippen molar-refractivity contribution in [2.45, 2.75) is 18.7 Å². The third kappa shape index (κ3) is 4.22. The quantitative estimate of drug-likeness (QED) is 0.656. The van der Waals surface area contributed by atoms with Gasteiger partial charge >= 0.3 is 0 Å². The molecule has 0 atom stereocenters. The molecule has 0 aliphatic heterocycles. The lowest BCUT2D eigenvalue weighted by molar-refractivity contribution is -0.118. The second kappa shape index (κ2) is 7.80. The Bertz CT molecular complexity index is 1170. The molecule has 10 heteroatoms. The second-order valence-corrected chi connectivity index (χ2v) is 9.01. The van der Waals surface area contributed by atoms with Crippen molar-refractivity contribution in [3.05, 3.63) is 41.6 Å². The van der Waals surface area contributed by atoms with Gasteiger partial charge in [0.2, 0.25) is 15.9 Å². The highest BCUT2D eigenvalue weighted by Crippen LogP contribution is 2.27. The van der Waals surface area contributed by atoms with Gasteiger partial charge in [0, 0.05) is 32.5 Å². The van der Waals surface area contributed by atoms with Crippen LogP contribution in [0.25, 0.3) is 11.0 Å². The summed E-state index contributed by atoms with van der Waals surface area (Å²) >= 11 is 0. The van der Waals surface area contributed by atoms with Crippen LogP contribution in [-0.4, -0.2) is 54.1 Å². The highest BCUT2D eigenvalue weighted by atomic mass is 32.2. The molecule has 0 unspecified atom stereocenters. The normalized spacial score (nSPS) is 11.8. The van der Waals surface area contributed by atoms with Gasteiger partial charge in [0.1, 0.15) is 0 Å². The standard InChI is InChI=1S/C19H23N5O4S/c1-12-10-13(2)20-18-17(12)19(22-24(18)5)28-11-16(25)21-14-6-8-15(9-7-14)29(26,27)23(3)4/h6-10H,11H2,1-5H3,(H,21,25). The lowest BCUT2D eigenvalue weighted by Gasteiger charge is -2.12. The van der Waals surface area contributed by atoms with Gasteiger partial charge in [-0.1, -0.05) is 0 Å². The first-order valence-corrected chi connectivity index (χ1v) is 10.3. The number of pyridine rings is 1. The Morgan fingerprint density at radius 1 is 1.21 bits per heavy atom. The van der Waals surface area contributed by atoms with Crippen molar-refractivity contribution >= 4 is 32.7 Å². The van der Waals surface area contributed by atoms with Gasteiger partial charge in [-0.15, -0.1) is 5.10 Å². The van der Waals surface area contributed by atoms with E-state index in [4.69, 9.17) is 4.74 Å². The predicted octanol–water partition coefficient (Wildman–Crippen LogP) is 1.85. The minimum Gasteiger partial charge on any atom is -0.466 e. The smallest absolute Gasteiger partial charge is 0.262 e. The van der Waals surface area contributed by atoms with Crippen molar-refractivity contribution in [3.8, 4) is 5.88 Å². The largest absolute Gasteiger partial charge is 0.466 e. The molecule has 0 bridgehead atoms. The number of benzene rings is 1.